The Morgan fingerprint density at radius 1 is 1.10 bits per heavy atom. The molecular weight excluding hydrogens is 398 g/mol. The number of benzene rings is 2. The molecule has 0 saturated carbocycles. The van der Waals surface area contributed by atoms with Crippen LogP contribution in [0.1, 0.15) is 34.8 Å². The summed E-state index contributed by atoms with van der Waals surface area (Å²) in [6, 6.07) is 13.8. The molecule has 6 nitrogen and oxygen atoms in total. The Kier molecular flexibility index (Phi) is 7.15. The Hall–Kier alpha value is -2.80. The van der Waals surface area contributed by atoms with Crippen molar-refractivity contribution in [2.24, 2.45) is 0 Å². The summed E-state index contributed by atoms with van der Waals surface area (Å²) in [7, 11) is 0. The monoisotopic (exact) mass is 425 g/mol. The highest BCUT2D eigenvalue weighted by Crippen LogP contribution is 2.24. The van der Waals surface area contributed by atoms with E-state index in [0.29, 0.717) is 17.2 Å². The van der Waals surface area contributed by atoms with Crippen molar-refractivity contribution >= 4 is 35.2 Å². The second kappa shape index (κ2) is 9.80. The van der Waals surface area contributed by atoms with Crippen LogP contribution in [-0.4, -0.2) is 46.3 Å². The van der Waals surface area contributed by atoms with E-state index in [1.165, 1.54) is 0 Å². The fourth-order valence-electron chi connectivity index (χ4n) is 3.28. The third-order valence-corrected chi connectivity index (χ3v) is 6.19. The topological polar surface area (TPSA) is 78.5 Å². The Bertz CT molecular complexity index is 933. The van der Waals surface area contributed by atoms with Gasteiger partial charge in [0.1, 0.15) is 6.04 Å². The molecule has 0 spiro atoms. The molecule has 2 N–H and O–H groups in total. The first kappa shape index (κ1) is 21.9. The third-order valence-electron chi connectivity index (χ3n) is 5.17. The van der Waals surface area contributed by atoms with Gasteiger partial charge in [-0.05, 0) is 56.2 Å². The highest BCUT2D eigenvalue weighted by Gasteiger charge is 2.35. The zero-order valence-corrected chi connectivity index (χ0v) is 18.3. The van der Waals surface area contributed by atoms with Gasteiger partial charge >= 0.3 is 0 Å². The van der Waals surface area contributed by atoms with Crippen molar-refractivity contribution in [3.05, 3.63) is 65.2 Å². The first-order valence-electron chi connectivity index (χ1n) is 9.96. The minimum Gasteiger partial charge on any atom is -0.349 e. The second-order valence-electron chi connectivity index (χ2n) is 7.61. The van der Waals surface area contributed by atoms with Crippen LogP contribution in [-0.2, 0) is 9.59 Å². The quantitative estimate of drug-likeness (QED) is 0.744. The number of carbonyl (C=O) groups is 3. The van der Waals surface area contributed by atoms with Crippen LogP contribution in [0.2, 0.25) is 0 Å². The Balaban J connectivity index is 1.57. The lowest BCUT2D eigenvalue weighted by atomic mass is 10.1. The molecule has 3 rings (SSSR count). The van der Waals surface area contributed by atoms with E-state index >= 15 is 0 Å². The number of thioether (sulfide) groups is 1. The molecule has 7 heteroatoms. The predicted octanol–water partition coefficient (Wildman–Crippen LogP) is 3.35. The number of anilines is 1. The van der Waals surface area contributed by atoms with Crippen molar-refractivity contribution < 1.29 is 14.4 Å². The van der Waals surface area contributed by atoms with Crippen LogP contribution in [0.3, 0.4) is 0 Å². The molecule has 2 unspecified atom stereocenters. The van der Waals surface area contributed by atoms with Gasteiger partial charge in [-0.15, -0.1) is 11.8 Å². The van der Waals surface area contributed by atoms with Crippen molar-refractivity contribution in [1.29, 1.82) is 0 Å². The van der Waals surface area contributed by atoms with Crippen LogP contribution in [0.5, 0.6) is 0 Å². The zero-order valence-electron chi connectivity index (χ0n) is 17.5. The summed E-state index contributed by atoms with van der Waals surface area (Å²) >= 11 is 1.56. The summed E-state index contributed by atoms with van der Waals surface area (Å²) in [5.41, 5.74) is 3.55. The van der Waals surface area contributed by atoms with Crippen LogP contribution >= 0.6 is 11.8 Å². The van der Waals surface area contributed by atoms with Gasteiger partial charge in [-0.1, -0.05) is 24.3 Å². The molecule has 3 amide bonds. The van der Waals surface area contributed by atoms with Crippen molar-refractivity contribution in [1.82, 2.24) is 10.2 Å². The van der Waals surface area contributed by atoms with Gasteiger partial charge in [0, 0.05) is 29.5 Å². The summed E-state index contributed by atoms with van der Waals surface area (Å²) in [6.07, 6.45) is 0.145. The average Bonchev–Trinajstić information content (AvgIpc) is 3.21. The summed E-state index contributed by atoms with van der Waals surface area (Å²) in [5.74, 6) is 0.505. The van der Waals surface area contributed by atoms with Crippen LogP contribution < -0.4 is 10.6 Å². The predicted molar refractivity (Wildman–Crippen MR) is 120 cm³/mol. The van der Waals surface area contributed by atoms with Gasteiger partial charge < -0.3 is 15.5 Å². The molecule has 0 aromatic heterocycles. The maximum absolute atomic E-state index is 12.8. The Morgan fingerprint density at radius 2 is 1.83 bits per heavy atom. The number of nitrogens with zero attached hydrogens (tertiary/aromatic N) is 1. The molecule has 1 aliphatic rings. The molecule has 1 fully saturated rings. The second-order valence-corrected chi connectivity index (χ2v) is 8.61. The SMILES string of the molecule is Cc1ccc(NC(=O)C2CSCN2C(=O)CC(C)NC(=O)c2ccccc2)cc1C. The number of hydrogen-bond donors (Lipinski definition) is 2. The van der Waals surface area contributed by atoms with E-state index < -0.39 is 6.04 Å². The maximum atomic E-state index is 12.8. The molecular formula is C23H27N3O3S. The molecule has 2 aromatic rings. The molecule has 0 radical (unpaired) electrons. The number of rotatable bonds is 6. The molecule has 0 bridgehead atoms. The lowest BCUT2D eigenvalue weighted by molar-refractivity contribution is -0.136. The van der Waals surface area contributed by atoms with Gasteiger partial charge in [0.05, 0.1) is 5.88 Å². The van der Waals surface area contributed by atoms with Crippen molar-refractivity contribution in [2.45, 2.75) is 39.3 Å². The largest absolute Gasteiger partial charge is 0.349 e. The minimum absolute atomic E-state index is 0.138. The van der Waals surface area contributed by atoms with Crippen molar-refractivity contribution in [3.63, 3.8) is 0 Å². The van der Waals surface area contributed by atoms with E-state index in [2.05, 4.69) is 10.6 Å². The van der Waals surface area contributed by atoms with Gasteiger partial charge in [0.15, 0.2) is 0 Å². The smallest absolute Gasteiger partial charge is 0.251 e. The van der Waals surface area contributed by atoms with Crippen LogP contribution in [0, 0.1) is 13.8 Å². The highest BCUT2D eigenvalue weighted by atomic mass is 32.2. The normalized spacial score (nSPS) is 16.8. The molecule has 1 saturated heterocycles. The van der Waals surface area contributed by atoms with Crippen molar-refractivity contribution in [3.8, 4) is 0 Å². The maximum Gasteiger partial charge on any atom is 0.251 e. The van der Waals surface area contributed by atoms with Gasteiger partial charge in [-0.2, -0.15) is 0 Å². The molecule has 2 aromatic carbocycles. The number of hydrogen-bond acceptors (Lipinski definition) is 4. The number of aryl methyl sites for hydroxylation is 2. The lowest BCUT2D eigenvalue weighted by Crippen LogP contribution is -2.46. The summed E-state index contributed by atoms with van der Waals surface area (Å²) < 4.78 is 0. The standard InChI is InChI=1S/C23H27N3O3S/c1-15-9-10-19(11-16(15)2)25-23(29)20-13-30-14-26(20)21(27)12-17(3)24-22(28)18-7-5-4-6-8-18/h4-11,17,20H,12-14H2,1-3H3,(H,24,28)(H,25,29). The van der Waals surface area contributed by atoms with E-state index in [9.17, 15) is 14.4 Å². The highest BCUT2D eigenvalue weighted by molar-refractivity contribution is 7.99. The molecule has 0 aliphatic carbocycles. The molecule has 1 aliphatic heterocycles. The zero-order chi connectivity index (χ0) is 21.7. The van der Waals surface area contributed by atoms with Gasteiger partial charge in [-0.3, -0.25) is 14.4 Å². The van der Waals surface area contributed by atoms with Crippen LogP contribution in [0.25, 0.3) is 0 Å². The van der Waals surface area contributed by atoms with Crippen molar-refractivity contribution in [2.75, 3.05) is 16.9 Å². The lowest BCUT2D eigenvalue weighted by Gasteiger charge is -2.25. The van der Waals surface area contributed by atoms with E-state index in [0.717, 1.165) is 16.8 Å². The molecule has 1 heterocycles. The minimum atomic E-state index is -0.513. The molecule has 30 heavy (non-hydrogen) atoms. The number of amides is 3. The van der Waals surface area contributed by atoms with E-state index in [1.54, 1.807) is 47.9 Å². The fraction of sp³-hybridized carbons (Fsp3) is 0.348. The summed E-state index contributed by atoms with van der Waals surface area (Å²) in [4.78, 5) is 39.5. The van der Waals surface area contributed by atoms with Gasteiger partial charge in [0.25, 0.3) is 5.91 Å². The van der Waals surface area contributed by atoms with E-state index in [1.807, 2.05) is 38.1 Å². The average molecular weight is 426 g/mol. The third kappa shape index (κ3) is 5.42. The fourth-order valence-corrected chi connectivity index (χ4v) is 4.46. The molecule has 158 valence electrons. The Labute approximate surface area is 181 Å². The summed E-state index contributed by atoms with van der Waals surface area (Å²) in [6.45, 7) is 5.82. The van der Waals surface area contributed by atoms with Crippen LogP contribution in [0.4, 0.5) is 5.69 Å². The number of carbonyl (C=O) groups excluding carboxylic acids is 3. The Morgan fingerprint density at radius 3 is 2.53 bits per heavy atom. The van der Waals surface area contributed by atoms with E-state index in [-0.39, 0.29) is 30.2 Å². The van der Waals surface area contributed by atoms with E-state index in [4.69, 9.17) is 0 Å². The number of nitrogens with one attached hydrogen (secondary N) is 2. The van der Waals surface area contributed by atoms with Gasteiger partial charge in [0.2, 0.25) is 11.8 Å². The first-order valence-corrected chi connectivity index (χ1v) is 11.1. The molecule has 2 atom stereocenters. The van der Waals surface area contributed by atoms with Crippen LogP contribution in [0.15, 0.2) is 48.5 Å². The summed E-state index contributed by atoms with van der Waals surface area (Å²) in [5, 5.41) is 5.78. The first-order chi connectivity index (χ1) is 14.3. The van der Waals surface area contributed by atoms with Gasteiger partial charge in [-0.25, -0.2) is 0 Å².